The van der Waals surface area contributed by atoms with E-state index in [2.05, 4.69) is 14.9 Å². The Morgan fingerprint density at radius 2 is 2.09 bits per heavy atom. The van der Waals surface area contributed by atoms with Crippen molar-refractivity contribution in [2.24, 2.45) is 5.92 Å². The van der Waals surface area contributed by atoms with Crippen LogP contribution in [0.15, 0.2) is 48.8 Å². The number of imidazole rings is 1. The van der Waals surface area contributed by atoms with Crippen molar-refractivity contribution in [3.63, 3.8) is 0 Å². The van der Waals surface area contributed by atoms with Crippen molar-refractivity contribution in [3.8, 4) is 0 Å². The van der Waals surface area contributed by atoms with Gasteiger partial charge >= 0.3 is 6.18 Å². The van der Waals surface area contributed by atoms with E-state index in [0.717, 1.165) is 43.0 Å². The average molecular weight is 445 g/mol. The van der Waals surface area contributed by atoms with Crippen LogP contribution in [-0.4, -0.2) is 58.9 Å². The summed E-state index contributed by atoms with van der Waals surface area (Å²) in [5, 5.41) is 0. The number of carbonyl (C=O) groups excluding carboxylic acids is 1. The van der Waals surface area contributed by atoms with Gasteiger partial charge in [-0.25, -0.2) is 4.98 Å². The van der Waals surface area contributed by atoms with E-state index in [0.29, 0.717) is 36.6 Å². The Morgan fingerprint density at radius 3 is 2.91 bits per heavy atom. The lowest BCUT2D eigenvalue weighted by molar-refractivity contribution is -0.137. The van der Waals surface area contributed by atoms with Crippen LogP contribution in [0, 0.1) is 5.92 Å². The number of aromatic amines is 1. The largest absolute Gasteiger partial charge is 0.416 e. The molecule has 0 spiro atoms. The van der Waals surface area contributed by atoms with Gasteiger partial charge in [0, 0.05) is 32.2 Å². The zero-order valence-corrected chi connectivity index (χ0v) is 18.0. The summed E-state index contributed by atoms with van der Waals surface area (Å²) in [6, 6.07) is 11.0. The first kappa shape index (κ1) is 22.3. The number of alkyl halides is 3. The highest BCUT2D eigenvalue weighted by atomic mass is 19.4. The maximum atomic E-state index is 12.9. The van der Waals surface area contributed by atoms with Gasteiger partial charge in [0.1, 0.15) is 0 Å². The van der Waals surface area contributed by atoms with E-state index in [-0.39, 0.29) is 5.91 Å². The number of fused-ring (bicyclic) bond motifs is 1. The van der Waals surface area contributed by atoms with Crippen molar-refractivity contribution in [1.29, 1.82) is 0 Å². The molecule has 170 valence electrons. The lowest BCUT2D eigenvalue weighted by Gasteiger charge is -2.34. The lowest BCUT2D eigenvalue weighted by atomic mass is 9.96. The van der Waals surface area contributed by atoms with Crippen LogP contribution >= 0.6 is 0 Å². The highest BCUT2D eigenvalue weighted by Gasteiger charge is 2.30. The third-order valence-electron chi connectivity index (χ3n) is 6.12. The first-order valence-electron chi connectivity index (χ1n) is 10.9. The minimum atomic E-state index is -4.31. The van der Waals surface area contributed by atoms with Crippen molar-refractivity contribution in [1.82, 2.24) is 19.8 Å². The Labute approximate surface area is 185 Å². The number of amides is 1. The van der Waals surface area contributed by atoms with Crippen LogP contribution in [0.2, 0.25) is 0 Å². The number of hydrogen-bond donors (Lipinski definition) is 1. The van der Waals surface area contributed by atoms with Crippen LogP contribution in [0.3, 0.4) is 0 Å². The second kappa shape index (κ2) is 9.32. The quantitative estimate of drug-likeness (QED) is 0.604. The van der Waals surface area contributed by atoms with Crippen LogP contribution in [0.4, 0.5) is 13.2 Å². The second-order valence-corrected chi connectivity index (χ2v) is 8.58. The standard InChI is InChI=1S/C24H27F3N4O/c1-30(23(32)19-7-8-21-22(13-19)29-16-28-21)14-18-5-3-10-31(15-18)11-9-17-4-2-6-20(12-17)24(25,26)27/h2,4,6-8,12-13,16,18H,3,5,9-11,14-15H2,1H3,(H,28,29)/t18-/m0/s1. The molecule has 1 aromatic heterocycles. The van der Waals surface area contributed by atoms with Crippen molar-refractivity contribution >= 4 is 16.9 Å². The Balaban J connectivity index is 1.31. The molecule has 0 unspecified atom stereocenters. The molecule has 0 saturated carbocycles. The van der Waals surface area contributed by atoms with Gasteiger partial charge in [0.25, 0.3) is 5.91 Å². The highest BCUT2D eigenvalue weighted by molar-refractivity contribution is 5.97. The smallest absolute Gasteiger partial charge is 0.345 e. The van der Waals surface area contributed by atoms with Gasteiger partial charge in [-0.15, -0.1) is 0 Å². The van der Waals surface area contributed by atoms with Gasteiger partial charge in [-0.2, -0.15) is 13.2 Å². The second-order valence-electron chi connectivity index (χ2n) is 8.58. The number of likely N-dealkylation sites (tertiary alicyclic amines) is 1. The van der Waals surface area contributed by atoms with Crippen LogP contribution < -0.4 is 0 Å². The summed E-state index contributed by atoms with van der Waals surface area (Å²) in [5.41, 5.74) is 2.39. The first-order valence-corrected chi connectivity index (χ1v) is 10.9. The van der Waals surface area contributed by atoms with E-state index in [1.807, 2.05) is 19.2 Å². The van der Waals surface area contributed by atoms with Gasteiger partial charge in [0.2, 0.25) is 0 Å². The van der Waals surface area contributed by atoms with E-state index in [1.54, 1.807) is 23.4 Å². The molecule has 32 heavy (non-hydrogen) atoms. The van der Waals surface area contributed by atoms with Gasteiger partial charge in [-0.3, -0.25) is 4.79 Å². The molecule has 0 radical (unpaired) electrons. The van der Waals surface area contributed by atoms with E-state index >= 15 is 0 Å². The van der Waals surface area contributed by atoms with Gasteiger partial charge < -0.3 is 14.8 Å². The van der Waals surface area contributed by atoms with Crippen LogP contribution in [-0.2, 0) is 12.6 Å². The number of rotatable bonds is 6. The van der Waals surface area contributed by atoms with Crippen molar-refractivity contribution in [2.75, 3.05) is 33.2 Å². The summed E-state index contributed by atoms with van der Waals surface area (Å²) in [5.74, 6) is 0.317. The Morgan fingerprint density at radius 1 is 1.25 bits per heavy atom. The first-order chi connectivity index (χ1) is 15.3. The minimum absolute atomic E-state index is 0.0254. The molecule has 8 heteroatoms. The number of benzene rings is 2. The van der Waals surface area contributed by atoms with Crippen molar-refractivity contribution < 1.29 is 18.0 Å². The number of nitrogens with one attached hydrogen (secondary N) is 1. The average Bonchev–Trinajstić information content (AvgIpc) is 3.25. The molecule has 5 nitrogen and oxygen atoms in total. The summed E-state index contributed by atoms with van der Waals surface area (Å²) in [6.45, 7) is 3.14. The summed E-state index contributed by atoms with van der Waals surface area (Å²) in [4.78, 5) is 24.1. The highest BCUT2D eigenvalue weighted by Crippen LogP contribution is 2.29. The van der Waals surface area contributed by atoms with Gasteiger partial charge in [0.05, 0.1) is 22.9 Å². The number of H-pyrrole nitrogens is 1. The molecule has 3 aromatic rings. The zero-order chi connectivity index (χ0) is 22.7. The number of nitrogens with zero attached hydrogens (tertiary/aromatic N) is 3. The monoisotopic (exact) mass is 444 g/mol. The molecule has 1 aliphatic rings. The molecule has 4 rings (SSSR count). The summed E-state index contributed by atoms with van der Waals surface area (Å²) in [6.07, 6.45) is -0.0633. The lowest BCUT2D eigenvalue weighted by Crippen LogP contribution is -2.42. The molecule has 1 saturated heterocycles. The number of aromatic nitrogens is 2. The maximum Gasteiger partial charge on any atom is 0.416 e. The predicted molar refractivity (Wildman–Crippen MR) is 117 cm³/mol. The third kappa shape index (κ3) is 5.30. The van der Waals surface area contributed by atoms with Crippen molar-refractivity contribution in [2.45, 2.75) is 25.4 Å². The molecule has 2 aromatic carbocycles. The van der Waals surface area contributed by atoms with Gasteiger partial charge in [0.15, 0.2) is 0 Å². The fourth-order valence-corrected chi connectivity index (χ4v) is 4.45. The Bertz CT molecular complexity index is 1080. The molecule has 2 heterocycles. The van der Waals surface area contributed by atoms with E-state index in [4.69, 9.17) is 0 Å². The molecule has 0 bridgehead atoms. The van der Waals surface area contributed by atoms with Crippen LogP contribution in [0.5, 0.6) is 0 Å². The van der Waals surface area contributed by atoms with E-state index in [1.165, 1.54) is 12.1 Å². The molecule has 0 aliphatic carbocycles. The molecule has 1 amide bonds. The third-order valence-corrected chi connectivity index (χ3v) is 6.12. The number of hydrogen-bond acceptors (Lipinski definition) is 3. The van der Waals surface area contributed by atoms with Crippen molar-refractivity contribution in [3.05, 3.63) is 65.5 Å². The fourth-order valence-electron chi connectivity index (χ4n) is 4.45. The van der Waals surface area contributed by atoms with Gasteiger partial charge in [-0.05, 0) is 61.6 Å². The normalized spacial score (nSPS) is 17.6. The Hall–Kier alpha value is -2.87. The minimum Gasteiger partial charge on any atom is -0.345 e. The van der Waals surface area contributed by atoms with Crippen LogP contribution in [0.1, 0.15) is 34.3 Å². The number of halogens is 3. The van der Waals surface area contributed by atoms with E-state index in [9.17, 15) is 18.0 Å². The summed E-state index contributed by atoms with van der Waals surface area (Å²) >= 11 is 0. The van der Waals surface area contributed by atoms with E-state index < -0.39 is 11.7 Å². The molecule has 1 fully saturated rings. The molecular formula is C24H27F3N4O. The number of piperidine rings is 1. The zero-order valence-electron chi connectivity index (χ0n) is 18.0. The molecule has 1 N–H and O–H groups in total. The Kier molecular flexibility index (Phi) is 6.50. The van der Waals surface area contributed by atoms with Crippen LogP contribution in [0.25, 0.3) is 11.0 Å². The molecular weight excluding hydrogens is 417 g/mol. The maximum absolute atomic E-state index is 12.9. The number of carbonyl (C=O) groups is 1. The predicted octanol–water partition coefficient (Wildman–Crippen LogP) is 4.61. The summed E-state index contributed by atoms with van der Waals surface area (Å²) < 4.78 is 38.8. The molecule has 1 atom stereocenters. The fraction of sp³-hybridized carbons (Fsp3) is 0.417. The SMILES string of the molecule is CN(C[C@@H]1CCCN(CCc2cccc(C(F)(F)F)c2)C1)C(=O)c1ccc2nc[nH]c2c1. The topological polar surface area (TPSA) is 52.2 Å². The molecule has 1 aliphatic heterocycles. The van der Waals surface area contributed by atoms with Gasteiger partial charge in [-0.1, -0.05) is 18.2 Å². The summed E-state index contributed by atoms with van der Waals surface area (Å²) in [7, 11) is 1.82.